The highest BCUT2D eigenvalue weighted by Gasteiger charge is 2.26. The number of halogens is 1. The molecule has 2 saturated heterocycles. The minimum Gasteiger partial charge on any atom is -0.336 e. The number of nitrogens with zero attached hydrogens (tertiary/aromatic N) is 5. The van der Waals surface area contributed by atoms with Crippen LogP contribution in [-0.4, -0.2) is 70.6 Å². The summed E-state index contributed by atoms with van der Waals surface area (Å²) >= 11 is 0. The fraction of sp³-hybridized carbons (Fsp3) is 0.375. The lowest BCUT2D eigenvalue weighted by molar-refractivity contribution is -0.123. The van der Waals surface area contributed by atoms with Crippen LogP contribution in [0.15, 0.2) is 66.9 Å². The molecular formula is C32H34FN5O2. The summed E-state index contributed by atoms with van der Waals surface area (Å²) in [5.74, 6) is -0.0318. The lowest BCUT2D eigenvalue weighted by Crippen LogP contribution is -2.48. The van der Waals surface area contributed by atoms with Gasteiger partial charge in [-0.05, 0) is 73.5 Å². The number of ketones is 1. The zero-order valence-electron chi connectivity index (χ0n) is 22.6. The molecule has 0 saturated carbocycles. The third-order valence-electron chi connectivity index (χ3n) is 7.94. The van der Waals surface area contributed by atoms with Crippen LogP contribution < -0.4 is 0 Å². The summed E-state index contributed by atoms with van der Waals surface area (Å²) in [7, 11) is 0. The van der Waals surface area contributed by atoms with Crippen molar-refractivity contribution in [2.75, 3.05) is 39.3 Å². The number of piperidine rings is 1. The quantitative estimate of drug-likeness (QED) is 0.429. The third kappa shape index (κ3) is 7.17. The summed E-state index contributed by atoms with van der Waals surface area (Å²) in [6.07, 6.45) is 3.55. The Hall–Kier alpha value is -3.93. The summed E-state index contributed by atoms with van der Waals surface area (Å²) in [4.78, 5) is 36.9. The number of nitriles is 1. The van der Waals surface area contributed by atoms with Crippen LogP contribution in [0.4, 0.5) is 4.39 Å². The summed E-state index contributed by atoms with van der Waals surface area (Å²) < 4.78 is 13.1. The highest BCUT2D eigenvalue weighted by Crippen LogP contribution is 2.22. The number of Topliss-reactive ketones (excluding diaryl/α,β-unsaturated/α-hetero) is 1. The van der Waals surface area contributed by atoms with Gasteiger partial charge >= 0.3 is 0 Å². The Kier molecular flexibility index (Phi) is 8.94. The van der Waals surface area contributed by atoms with Gasteiger partial charge in [-0.2, -0.15) is 5.26 Å². The highest BCUT2D eigenvalue weighted by atomic mass is 19.1. The van der Waals surface area contributed by atoms with Gasteiger partial charge < -0.3 is 4.90 Å². The van der Waals surface area contributed by atoms with E-state index in [1.54, 1.807) is 30.5 Å². The maximum atomic E-state index is 13.1. The number of carbonyl (C=O) groups excluding carboxylic acids is 2. The van der Waals surface area contributed by atoms with E-state index in [-0.39, 0.29) is 29.8 Å². The van der Waals surface area contributed by atoms with E-state index in [2.05, 4.69) is 20.9 Å². The Morgan fingerprint density at radius 1 is 0.825 bits per heavy atom. The first kappa shape index (κ1) is 27.6. The molecule has 40 heavy (non-hydrogen) atoms. The predicted molar refractivity (Wildman–Crippen MR) is 150 cm³/mol. The molecule has 7 nitrogen and oxygen atoms in total. The molecule has 2 aromatic carbocycles. The molecule has 2 fully saturated rings. The number of likely N-dealkylation sites (tertiary alicyclic amines) is 1. The van der Waals surface area contributed by atoms with Crippen molar-refractivity contribution in [2.24, 2.45) is 5.92 Å². The molecule has 0 N–H and O–H groups in total. The summed E-state index contributed by atoms with van der Waals surface area (Å²) in [6, 6.07) is 19.9. The van der Waals surface area contributed by atoms with Gasteiger partial charge in [-0.25, -0.2) is 4.39 Å². The van der Waals surface area contributed by atoms with Crippen molar-refractivity contribution in [3.05, 3.63) is 101 Å². The Morgan fingerprint density at radius 2 is 1.43 bits per heavy atom. The standard InChI is InChI=1S/C32H34FN5O2/c33-29-8-5-26(6-9-29)23-37-15-17-38(18-16-37)32(40)28-7-10-30(35-21-28)19-31(39)27-11-13-36(14-12-27)22-25-3-1-24(20-34)2-4-25/h1-10,21,27H,11-19,22-23H2. The minimum atomic E-state index is -0.235. The van der Waals surface area contributed by atoms with E-state index in [1.165, 1.54) is 17.7 Å². The van der Waals surface area contributed by atoms with Crippen LogP contribution >= 0.6 is 0 Å². The van der Waals surface area contributed by atoms with Crippen LogP contribution in [0.5, 0.6) is 0 Å². The molecule has 0 unspecified atom stereocenters. The first-order valence-electron chi connectivity index (χ1n) is 13.9. The van der Waals surface area contributed by atoms with E-state index in [0.717, 1.165) is 57.7 Å². The lowest BCUT2D eigenvalue weighted by atomic mass is 9.90. The van der Waals surface area contributed by atoms with Gasteiger partial charge in [-0.15, -0.1) is 0 Å². The second-order valence-electron chi connectivity index (χ2n) is 10.7. The molecule has 0 atom stereocenters. The zero-order valence-corrected chi connectivity index (χ0v) is 22.6. The first-order chi connectivity index (χ1) is 19.5. The summed E-state index contributed by atoms with van der Waals surface area (Å²) in [5, 5.41) is 8.96. The number of aromatic nitrogens is 1. The summed E-state index contributed by atoms with van der Waals surface area (Å²) in [5.41, 5.74) is 4.14. The van der Waals surface area contributed by atoms with Crippen LogP contribution in [0, 0.1) is 23.1 Å². The maximum Gasteiger partial charge on any atom is 0.255 e. The fourth-order valence-electron chi connectivity index (χ4n) is 5.47. The number of amides is 1. The Morgan fingerprint density at radius 3 is 2.00 bits per heavy atom. The summed E-state index contributed by atoms with van der Waals surface area (Å²) in [6.45, 7) is 6.08. The van der Waals surface area contributed by atoms with Gasteiger partial charge in [0.15, 0.2) is 0 Å². The van der Waals surface area contributed by atoms with Crippen molar-refractivity contribution in [1.29, 1.82) is 5.26 Å². The molecule has 5 rings (SSSR count). The van der Waals surface area contributed by atoms with Gasteiger partial charge in [0.05, 0.1) is 17.2 Å². The number of carbonyl (C=O) groups is 2. The van der Waals surface area contributed by atoms with Crippen LogP contribution in [0.1, 0.15) is 45.6 Å². The molecule has 3 heterocycles. The van der Waals surface area contributed by atoms with Gasteiger partial charge in [0.2, 0.25) is 0 Å². The van der Waals surface area contributed by atoms with Crippen molar-refractivity contribution in [3.8, 4) is 6.07 Å². The molecule has 0 aliphatic carbocycles. The third-order valence-corrected chi connectivity index (χ3v) is 7.94. The predicted octanol–water partition coefficient (Wildman–Crippen LogP) is 4.07. The van der Waals surface area contributed by atoms with Crippen LogP contribution in [-0.2, 0) is 24.3 Å². The Bertz CT molecular complexity index is 1340. The molecule has 1 aromatic heterocycles. The Balaban J connectivity index is 1.05. The van der Waals surface area contributed by atoms with Gasteiger partial charge in [-0.3, -0.25) is 24.4 Å². The van der Waals surface area contributed by atoms with Crippen LogP contribution in [0.25, 0.3) is 0 Å². The molecular weight excluding hydrogens is 505 g/mol. The zero-order chi connectivity index (χ0) is 27.9. The second-order valence-corrected chi connectivity index (χ2v) is 10.7. The van der Waals surface area contributed by atoms with E-state index in [4.69, 9.17) is 5.26 Å². The molecule has 0 radical (unpaired) electrons. The largest absolute Gasteiger partial charge is 0.336 e. The second kappa shape index (κ2) is 12.9. The number of piperazine rings is 1. The van der Waals surface area contributed by atoms with Gasteiger partial charge in [0.25, 0.3) is 5.91 Å². The van der Waals surface area contributed by atoms with Crippen molar-refractivity contribution in [3.63, 3.8) is 0 Å². The van der Waals surface area contributed by atoms with Crippen LogP contribution in [0.2, 0.25) is 0 Å². The number of rotatable bonds is 8. The maximum absolute atomic E-state index is 13.1. The molecule has 0 bridgehead atoms. The van der Waals surface area contributed by atoms with E-state index in [1.807, 2.05) is 29.2 Å². The first-order valence-corrected chi connectivity index (χ1v) is 13.9. The molecule has 2 aliphatic rings. The number of hydrogen-bond acceptors (Lipinski definition) is 6. The van der Waals surface area contributed by atoms with E-state index < -0.39 is 0 Å². The van der Waals surface area contributed by atoms with Gasteiger partial charge in [-0.1, -0.05) is 24.3 Å². The number of benzene rings is 2. The fourth-order valence-corrected chi connectivity index (χ4v) is 5.47. The lowest BCUT2D eigenvalue weighted by Gasteiger charge is -2.34. The van der Waals surface area contributed by atoms with E-state index in [9.17, 15) is 14.0 Å². The normalized spacial score (nSPS) is 16.9. The van der Waals surface area contributed by atoms with Crippen molar-refractivity contribution < 1.29 is 14.0 Å². The SMILES string of the molecule is N#Cc1ccc(CN2CCC(C(=O)Cc3ccc(C(=O)N4CCN(Cc5ccc(F)cc5)CC4)cn3)CC2)cc1. The van der Waals surface area contributed by atoms with Crippen LogP contribution in [0.3, 0.4) is 0 Å². The average Bonchev–Trinajstić information content (AvgIpc) is 2.99. The van der Waals surface area contributed by atoms with E-state index in [0.29, 0.717) is 29.9 Å². The smallest absolute Gasteiger partial charge is 0.255 e. The molecule has 1 amide bonds. The molecule has 2 aliphatic heterocycles. The molecule has 206 valence electrons. The molecule has 8 heteroatoms. The number of pyridine rings is 1. The molecule has 3 aromatic rings. The minimum absolute atomic E-state index is 0.0338. The topological polar surface area (TPSA) is 80.5 Å². The Labute approximate surface area is 234 Å². The van der Waals surface area contributed by atoms with Crippen molar-refractivity contribution in [1.82, 2.24) is 19.7 Å². The van der Waals surface area contributed by atoms with Crippen molar-refractivity contribution >= 4 is 11.7 Å². The number of hydrogen-bond donors (Lipinski definition) is 0. The van der Waals surface area contributed by atoms with Crippen molar-refractivity contribution in [2.45, 2.75) is 32.4 Å². The molecule has 0 spiro atoms. The average molecular weight is 540 g/mol. The van der Waals surface area contributed by atoms with Gasteiger partial charge in [0.1, 0.15) is 11.6 Å². The monoisotopic (exact) mass is 539 g/mol. The van der Waals surface area contributed by atoms with E-state index >= 15 is 0 Å². The highest BCUT2D eigenvalue weighted by molar-refractivity contribution is 5.94. The van der Waals surface area contributed by atoms with Gasteiger partial charge in [0, 0.05) is 63.5 Å².